The van der Waals surface area contributed by atoms with Gasteiger partial charge in [-0.2, -0.15) is 0 Å². The van der Waals surface area contributed by atoms with Gasteiger partial charge in [-0.3, -0.25) is 19.8 Å². The highest BCUT2D eigenvalue weighted by atomic mass is 16.7. The molecule has 0 aliphatic carbocycles. The lowest BCUT2D eigenvalue weighted by molar-refractivity contribution is -0.384. The fourth-order valence-corrected chi connectivity index (χ4v) is 3.87. The van der Waals surface area contributed by atoms with Crippen LogP contribution in [0.5, 0.6) is 11.5 Å². The van der Waals surface area contributed by atoms with Crippen LogP contribution in [0.2, 0.25) is 0 Å². The van der Waals surface area contributed by atoms with Crippen LogP contribution >= 0.6 is 0 Å². The topological polar surface area (TPSA) is 106 Å². The second-order valence-corrected chi connectivity index (χ2v) is 7.09. The van der Waals surface area contributed by atoms with Crippen molar-refractivity contribution in [2.24, 2.45) is 0 Å². The second kappa shape index (κ2) is 7.21. The van der Waals surface area contributed by atoms with Crippen molar-refractivity contribution in [1.82, 2.24) is 0 Å². The van der Waals surface area contributed by atoms with E-state index in [2.05, 4.69) is 10.6 Å². The van der Waals surface area contributed by atoms with Crippen molar-refractivity contribution >= 4 is 28.7 Å². The predicted octanol–water partition coefficient (Wildman–Crippen LogP) is 4.14. The number of para-hydroxylation sites is 1. The summed E-state index contributed by atoms with van der Waals surface area (Å²) in [5, 5.41) is 17.8. The van der Waals surface area contributed by atoms with E-state index in [9.17, 15) is 14.9 Å². The number of hydrogen-bond acceptors (Lipinski definition) is 7. The minimum atomic E-state index is -0.660. The van der Waals surface area contributed by atoms with E-state index in [0.717, 1.165) is 0 Å². The Labute approximate surface area is 177 Å². The van der Waals surface area contributed by atoms with Crippen molar-refractivity contribution in [2.75, 3.05) is 29.4 Å². The maximum Gasteiger partial charge on any atom is 0.292 e. The third kappa shape index (κ3) is 3.07. The van der Waals surface area contributed by atoms with E-state index in [0.29, 0.717) is 39.7 Å². The van der Waals surface area contributed by atoms with E-state index in [1.165, 1.54) is 6.07 Å². The van der Waals surface area contributed by atoms with Crippen molar-refractivity contribution in [3.63, 3.8) is 0 Å². The zero-order valence-corrected chi connectivity index (χ0v) is 16.5. The van der Waals surface area contributed by atoms with Gasteiger partial charge >= 0.3 is 0 Å². The Hall–Kier alpha value is -4.27. The highest BCUT2D eigenvalue weighted by Gasteiger charge is 2.35. The summed E-state index contributed by atoms with van der Waals surface area (Å²) in [6.45, 7) is 0.120. The van der Waals surface area contributed by atoms with E-state index in [1.54, 1.807) is 54.4 Å². The summed E-state index contributed by atoms with van der Waals surface area (Å²) in [5.74, 6) is 0.921. The summed E-state index contributed by atoms with van der Waals surface area (Å²) in [6, 6.07) is 17.3. The molecular weight excluding hydrogens is 400 g/mol. The molecule has 2 N–H and O–H groups in total. The van der Waals surface area contributed by atoms with E-state index >= 15 is 0 Å². The van der Waals surface area contributed by atoms with Crippen LogP contribution in [0.1, 0.15) is 22.1 Å². The van der Waals surface area contributed by atoms with Gasteiger partial charge in [-0.25, -0.2) is 0 Å². The van der Waals surface area contributed by atoms with Crippen LogP contribution < -0.4 is 25.0 Å². The standard InChI is InChI=1S/C22H18N4O5/c1-23-17-8-6-13(10-18(17)26(28)29)21-24-16-5-3-2-4-15(16)22(27)25(21)14-7-9-19-20(11-14)31-12-30-19/h2-11,21,23-24H,12H2,1H3/t21-/m0/s1. The third-order valence-corrected chi connectivity index (χ3v) is 5.36. The van der Waals surface area contributed by atoms with Crippen LogP contribution in [-0.2, 0) is 0 Å². The molecule has 0 fully saturated rings. The molecule has 31 heavy (non-hydrogen) atoms. The molecule has 0 saturated heterocycles. The lowest BCUT2D eigenvalue weighted by Crippen LogP contribution is -2.43. The zero-order chi connectivity index (χ0) is 21.5. The van der Waals surface area contributed by atoms with Crippen molar-refractivity contribution in [3.05, 3.63) is 81.9 Å². The molecule has 1 amide bonds. The molecule has 0 radical (unpaired) electrons. The van der Waals surface area contributed by atoms with Gasteiger partial charge in [-0.05, 0) is 30.3 Å². The normalized spacial score (nSPS) is 16.5. The molecule has 2 aliphatic rings. The largest absolute Gasteiger partial charge is 0.454 e. The molecule has 0 spiro atoms. The summed E-state index contributed by atoms with van der Waals surface area (Å²) in [7, 11) is 1.62. The molecular formula is C22H18N4O5. The van der Waals surface area contributed by atoms with Crippen LogP contribution in [-0.4, -0.2) is 24.7 Å². The van der Waals surface area contributed by atoms with Gasteiger partial charge in [0.05, 0.1) is 16.2 Å². The average Bonchev–Trinajstić information content (AvgIpc) is 3.26. The third-order valence-electron chi connectivity index (χ3n) is 5.36. The van der Waals surface area contributed by atoms with Crippen molar-refractivity contribution in [3.8, 4) is 11.5 Å². The minimum Gasteiger partial charge on any atom is -0.454 e. The molecule has 5 rings (SSSR count). The number of carbonyl (C=O) groups excluding carboxylic acids is 1. The molecule has 2 heterocycles. The first-order valence-electron chi connectivity index (χ1n) is 9.61. The molecule has 0 saturated carbocycles. The van der Waals surface area contributed by atoms with Gasteiger partial charge in [0.2, 0.25) is 6.79 Å². The zero-order valence-electron chi connectivity index (χ0n) is 16.5. The van der Waals surface area contributed by atoms with Gasteiger partial charge in [0.25, 0.3) is 11.6 Å². The van der Waals surface area contributed by atoms with Crippen LogP contribution in [0.15, 0.2) is 60.7 Å². The molecule has 0 bridgehead atoms. The molecule has 3 aromatic carbocycles. The Morgan fingerprint density at radius 3 is 2.71 bits per heavy atom. The molecule has 9 nitrogen and oxygen atoms in total. The fourth-order valence-electron chi connectivity index (χ4n) is 3.87. The number of benzene rings is 3. The van der Waals surface area contributed by atoms with Gasteiger partial charge in [-0.15, -0.1) is 0 Å². The molecule has 0 aromatic heterocycles. The van der Waals surface area contributed by atoms with Crippen LogP contribution in [0.4, 0.5) is 22.7 Å². The second-order valence-electron chi connectivity index (χ2n) is 7.09. The number of anilines is 3. The van der Waals surface area contributed by atoms with Gasteiger partial charge in [-0.1, -0.05) is 18.2 Å². The number of hydrogen-bond donors (Lipinski definition) is 2. The quantitative estimate of drug-likeness (QED) is 0.485. The Morgan fingerprint density at radius 2 is 1.90 bits per heavy atom. The lowest BCUT2D eigenvalue weighted by atomic mass is 10.0. The van der Waals surface area contributed by atoms with Gasteiger partial charge in [0.1, 0.15) is 11.9 Å². The number of nitrogens with one attached hydrogen (secondary N) is 2. The summed E-state index contributed by atoms with van der Waals surface area (Å²) < 4.78 is 10.9. The van der Waals surface area contributed by atoms with Crippen molar-refractivity contribution < 1.29 is 19.2 Å². The SMILES string of the molecule is CNc1ccc([C@H]2Nc3ccccc3C(=O)N2c2ccc3c(c2)OCO3)cc1[N+](=O)[O-]. The highest BCUT2D eigenvalue weighted by molar-refractivity contribution is 6.12. The summed E-state index contributed by atoms with van der Waals surface area (Å²) >= 11 is 0. The first-order chi connectivity index (χ1) is 15.1. The Bertz CT molecular complexity index is 1210. The maximum atomic E-state index is 13.5. The number of carbonyl (C=O) groups is 1. The number of rotatable bonds is 4. The van der Waals surface area contributed by atoms with Crippen LogP contribution in [0.25, 0.3) is 0 Å². The van der Waals surface area contributed by atoms with Gasteiger partial charge in [0.15, 0.2) is 11.5 Å². The Kier molecular flexibility index (Phi) is 4.36. The van der Waals surface area contributed by atoms with E-state index in [-0.39, 0.29) is 18.4 Å². The number of amides is 1. The highest BCUT2D eigenvalue weighted by Crippen LogP contribution is 2.42. The fraction of sp³-hybridized carbons (Fsp3) is 0.136. The molecule has 3 aromatic rings. The number of nitro groups is 1. The number of ether oxygens (including phenoxy) is 2. The smallest absolute Gasteiger partial charge is 0.292 e. The summed E-state index contributed by atoms with van der Waals surface area (Å²) in [5.41, 5.74) is 2.66. The summed E-state index contributed by atoms with van der Waals surface area (Å²) in [4.78, 5) is 26.2. The van der Waals surface area contributed by atoms with Crippen LogP contribution in [0, 0.1) is 10.1 Å². The van der Waals surface area contributed by atoms with Crippen molar-refractivity contribution in [2.45, 2.75) is 6.17 Å². The molecule has 2 aliphatic heterocycles. The van der Waals surface area contributed by atoms with Gasteiger partial charge < -0.3 is 20.1 Å². The number of nitro benzene ring substituents is 1. The van der Waals surface area contributed by atoms with E-state index < -0.39 is 11.1 Å². The molecule has 156 valence electrons. The lowest BCUT2D eigenvalue weighted by Gasteiger charge is -2.38. The Balaban J connectivity index is 1.66. The van der Waals surface area contributed by atoms with Gasteiger partial charge in [0, 0.05) is 30.4 Å². The maximum absolute atomic E-state index is 13.5. The molecule has 9 heteroatoms. The molecule has 1 atom stereocenters. The predicted molar refractivity (Wildman–Crippen MR) is 115 cm³/mol. The molecule has 0 unspecified atom stereocenters. The van der Waals surface area contributed by atoms with Crippen molar-refractivity contribution in [1.29, 1.82) is 0 Å². The minimum absolute atomic E-state index is 0.0706. The Morgan fingerprint density at radius 1 is 1.10 bits per heavy atom. The number of fused-ring (bicyclic) bond motifs is 2. The summed E-state index contributed by atoms with van der Waals surface area (Å²) in [6.07, 6.45) is -0.660. The average molecular weight is 418 g/mol. The van der Waals surface area contributed by atoms with Crippen LogP contribution in [0.3, 0.4) is 0 Å². The van der Waals surface area contributed by atoms with E-state index in [1.807, 2.05) is 12.1 Å². The number of nitrogens with zero attached hydrogens (tertiary/aromatic N) is 2. The first-order valence-corrected chi connectivity index (χ1v) is 9.61. The first kappa shape index (κ1) is 18.7. The van der Waals surface area contributed by atoms with E-state index in [4.69, 9.17) is 9.47 Å². The monoisotopic (exact) mass is 418 g/mol.